The molecule has 0 spiro atoms. The van der Waals surface area contributed by atoms with Gasteiger partial charge in [-0.2, -0.15) is 5.26 Å². The first-order valence-electron chi connectivity index (χ1n) is 10.0. The van der Waals surface area contributed by atoms with E-state index in [0.29, 0.717) is 22.8 Å². The predicted molar refractivity (Wildman–Crippen MR) is 124 cm³/mol. The molecule has 1 aliphatic heterocycles. The van der Waals surface area contributed by atoms with E-state index >= 15 is 0 Å². The molecule has 7 heteroatoms. The number of thioether (sulfide) groups is 1. The number of hydrogen-bond donors (Lipinski definition) is 0. The number of imide groups is 1. The fourth-order valence-corrected chi connectivity index (χ4v) is 4.44. The van der Waals surface area contributed by atoms with Crippen LogP contribution in [0.1, 0.15) is 28.1 Å². The molecule has 6 nitrogen and oxygen atoms in total. The Morgan fingerprint density at radius 3 is 2.47 bits per heavy atom. The van der Waals surface area contributed by atoms with Crippen LogP contribution in [0.4, 0.5) is 4.79 Å². The van der Waals surface area contributed by atoms with Crippen LogP contribution in [0, 0.1) is 25.2 Å². The quantitative estimate of drug-likeness (QED) is 0.506. The number of rotatable bonds is 5. The second-order valence-corrected chi connectivity index (χ2v) is 8.45. The smallest absolute Gasteiger partial charge is 0.293 e. The number of ether oxygens (including phenoxy) is 1. The van der Waals surface area contributed by atoms with E-state index in [1.807, 2.05) is 62.4 Å². The summed E-state index contributed by atoms with van der Waals surface area (Å²) in [7, 11) is 1.49. The molecule has 3 aromatic rings. The van der Waals surface area contributed by atoms with Gasteiger partial charge in [0.2, 0.25) is 0 Å². The molecule has 4 rings (SSSR count). The van der Waals surface area contributed by atoms with Crippen molar-refractivity contribution < 1.29 is 14.3 Å². The molecule has 2 amide bonds. The van der Waals surface area contributed by atoms with E-state index in [9.17, 15) is 14.9 Å². The van der Waals surface area contributed by atoms with E-state index in [4.69, 9.17) is 4.74 Å². The van der Waals surface area contributed by atoms with E-state index in [1.54, 1.807) is 12.1 Å². The van der Waals surface area contributed by atoms with Crippen molar-refractivity contribution in [3.05, 3.63) is 87.6 Å². The molecule has 1 fully saturated rings. The van der Waals surface area contributed by atoms with Crippen molar-refractivity contribution in [2.24, 2.45) is 0 Å². The lowest BCUT2D eigenvalue weighted by Gasteiger charge is -2.12. The number of hydrogen-bond acceptors (Lipinski definition) is 5. The molecule has 0 radical (unpaired) electrons. The Bertz CT molecular complexity index is 1280. The van der Waals surface area contributed by atoms with Crippen LogP contribution in [0.5, 0.6) is 5.75 Å². The first-order chi connectivity index (χ1) is 15.4. The molecular formula is C25H21N3O3S. The van der Waals surface area contributed by atoms with E-state index in [2.05, 4.69) is 10.6 Å². The fourth-order valence-electron chi connectivity index (χ4n) is 3.63. The van der Waals surface area contributed by atoms with E-state index in [1.165, 1.54) is 7.05 Å². The lowest BCUT2D eigenvalue weighted by Crippen LogP contribution is -2.22. The molecule has 160 valence electrons. The monoisotopic (exact) mass is 443 g/mol. The van der Waals surface area contributed by atoms with Gasteiger partial charge in [0, 0.05) is 29.7 Å². The second kappa shape index (κ2) is 8.77. The summed E-state index contributed by atoms with van der Waals surface area (Å²) in [5.74, 6) is 0.435. The van der Waals surface area contributed by atoms with Crippen LogP contribution in [0.25, 0.3) is 11.8 Å². The van der Waals surface area contributed by atoms with Gasteiger partial charge < -0.3 is 9.30 Å². The van der Waals surface area contributed by atoms with Crippen LogP contribution in [-0.2, 0) is 11.4 Å². The summed E-state index contributed by atoms with van der Waals surface area (Å²) in [4.78, 5) is 25.5. The molecule has 0 N–H and O–H groups in total. The van der Waals surface area contributed by atoms with Gasteiger partial charge in [0.15, 0.2) is 0 Å². The highest BCUT2D eigenvalue weighted by Crippen LogP contribution is 2.33. The highest BCUT2D eigenvalue weighted by atomic mass is 32.2. The molecule has 1 aliphatic rings. The molecule has 2 heterocycles. The minimum Gasteiger partial charge on any atom is -0.489 e. The molecular weight excluding hydrogens is 422 g/mol. The van der Waals surface area contributed by atoms with Gasteiger partial charge in [-0.25, -0.2) is 0 Å². The van der Waals surface area contributed by atoms with Gasteiger partial charge in [0.05, 0.1) is 16.5 Å². The second-order valence-electron chi connectivity index (χ2n) is 7.45. The summed E-state index contributed by atoms with van der Waals surface area (Å²) in [6.07, 6.45) is 1.78. The standard InChI is InChI=1S/C25H21N3O3S/c1-16-12-20(13-23-24(29)27(3)25(30)32-23)17(2)28(16)21-8-10-22(11-9-21)31-15-19-7-5-4-6-18(19)14-26/h4-13H,15H2,1-3H3/b23-13-. The molecule has 0 atom stereocenters. The van der Waals surface area contributed by atoms with Gasteiger partial charge >= 0.3 is 0 Å². The maximum atomic E-state index is 12.2. The molecule has 0 bridgehead atoms. The number of nitrogens with zero attached hydrogens (tertiary/aromatic N) is 3. The van der Waals surface area contributed by atoms with Crippen molar-refractivity contribution in [1.29, 1.82) is 5.26 Å². The zero-order chi connectivity index (χ0) is 22.8. The number of benzene rings is 2. The van der Waals surface area contributed by atoms with E-state index < -0.39 is 0 Å². The van der Waals surface area contributed by atoms with Crippen LogP contribution >= 0.6 is 11.8 Å². The highest BCUT2D eigenvalue weighted by molar-refractivity contribution is 8.18. The summed E-state index contributed by atoms with van der Waals surface area (Å²) in [6, 6.07) is 19.3. The summed E-state index contributed by atoms with van der Waals surface area (Å²) < 4.78 is 7.96. The lowest BCUT2D eigenvalue weighted by molar-refractivity contribution is -0.121. The van der Waals surface area contributed by atoms with Crippen molar-refractivity contribution in [3.8, 4) is 17.5 Å². The van der Waals surface area contributed by atoms with Crippen molar-refractivity contribution in [2.45, 2.75) is 20.5 Å². The van der Waals surface area contributed by atoms with Crippen LogP contribution in [0.3, 0.4) is 0 Å². The SMILES string of the molecule is Cc1cc(/C=C2\SC(=O)N(C)C2=O)c(C)n1-c1ccc(OCc2ccccc2C#N)cc1. The molecule has 1 aromatic heterocycles. The zero-order valence-corrected chi connectivity index (χ0v) is 18.8. The Morgan fingerprint density at radius 1 is 1.09 bits per heavy atom. The topological polar surface area (TPSA) is 75.3 Å². The molecule has 0 unspecified atom stereocenters. The number of aromatic nitrogens is 1. The van der Waals surface area contributed by atoms with E-state index in [0.717, 1.165) is 44.9 Å². The summed E-state index contributed by atoms with van der Waals surface area (Å²) in [5.41, 5.74) is 5.31. The Balaban J connectivity index is 1.54. The van der Waals surface area contributed by atoms with Gasteiger partial charge in [-0.1, -0.05) is 18.2 Å². The highest BCUT2D eigenvalue weighted by Gasteiger charge is 2.32. The average molecular weight is 444 g/mol. The van der Waals surface area contributed by atoms with Crippen LogP contribution < -0.4 is 4.74 Å². The van der Waals surface area contributed by atoms with Crippen molar-refractivity contribution in [2.75, 3.05) is 7.05 Å². The van der Waals surface area contributed by atoms with E-state index in [-0.39, 0.29) is 11.1 Å². The molecule has 0 aliphatic carbocycles. The maximum absolute atomic E-state index is 12.2. The maximum Gasteiger partial charge on any atom is 0.293 e. The molecule has 0 saturated carbocycles. The normalized spacial score (nSPS) is 14.8. The van der Waals surface area contributed by atoms with Gasteiger partial charge in [-0.15, -0.1) is 0 Å². The zero-order valence-electron chi connectivity index (χ0n) is 18.0. The summed E-state index contributed by atoms with van der Waals surface area (Å²) in [6.45, 7) is 4.30. The lowest BCUT2D eigenvalue weighted by atomic mass is 10.1. The average Bonchev–Trinajstić information content (AvgIpc) is 3.21. The molecule has 32 heavy (non-hydrogen) atoms. The Hall–Kier alpha value is -3.76. The van der Waals surface area contributed by atoms with Gasteiger partial charge in [0.25, 0.3) is 11.1 Å². The first kappa shape index (κ1) is 21.5. The molecule has 1 saturated heterocycles. The fraction of sp³-hybridized carbons (Fsp3) is 0.160. The Morgan fingerprint density at radius 2 is 1.81 bits per heavy atom. The van der Waals surface area contributed by atoms with Crippen molar-refractivity contribution in [1.82, 2.24) is 9.47 Å². The third-order valence-electron chi connectivity index (χ3n) is 5.37. The summed E-state index contributed by atoms with van der Waals surface area (Å²) in [5, 5.41) is 8.95. The third-order valence-corrected chi connectivity index (χ3v) is 6.33. The van der Waals surface area contributed by atoms with Crippen LogP contribution in [0.2, 0.25) is 0 Å². The number of carbonyl (C=O) groups is 2. The molecule has 2 aromatic carbocycles. The number of likely N-dealkylation sites (N-methyl/N-ethyl adjacent to an activating group) is 1. The third kappa shape index (κ3) is 4.05. The van der Waals surface area contributed by atoms with Gasteiger partial charge in [-0.3, -0.25) is 14.5 Å². The van der Waals surface area contributed by atoms with Gasteiger partial charge in [0.1, 0.15) is 12.4 Å². The van der Waals surface area contributed by atoms with Crippen LogP contribution in [-0.4, -0.2) is 27.7 Å². The number of amides is 2. The predicted octanol–water partition coefficient (Wildman–Crippen LogP) is 5.21. The number of aryl methyl sites for hydroxylation is 1. The minimum atomic E-state index is -0.274. The van der Waals surface area contributed by atoms with Gasteiger partial charge in [-0.05, 0) is 73.6 Å². The van der Waals surface area contributed by atoms with Crippen molar-refractivity contribution >= 4 is 29.0 Å². The largest absolute Gasteiger partial charge is 0.489 e. The Labute approximate surface area is 190 Å². The van der Waals surface area contributed by atoms with Crippen molar-refractivity contribution in [3.63, 3.8) is 0 Å². The van der Waals surface area contributed by atoms with Crippen LogP contribution in [0.15, 0.2) is 59.5 Å². The summed E-state index contributed by atoms with van der Waals surface area (Å²) >= 11 is 0.957. The number of nitriles is 1. The number of carbonyl (C=O) groups excluding carboxylic acids is 2. The first-order valence-corrected chi connectivity index (χ1v) is 10.8. The Kier molecular flexibility index (Phi) is 5.89. The minimum absolute atomic E-state index is 0.261.